The van der Waals surface area contributed by atoms with Gasteiger partial charge in [0.05, 0.1) is 0 Å². The van der Waals surface area contributed by atoms with Crippen LogP contribution in [0.1, 0.15) is 12.8 Å². The average molecular weight is 302 g/mol. The predicted molar refractivity (Wildman–Crippen MR) is 85.5 cm³/mol. The molecule has 0 radical (unpaired) electrons. The lowest BCUT2D eigenvalue weighted by atomic mass is 10.0. The Balaban J connectivity index is 1.94. The van der Waals surface area contributed by atoms with Crippen molar-refractivity contribution in [3.63, 3.8) is 0 Å². The molecule has 0 aliphatic carbocycles. The van der Waals surface area contributed by atoms with Gasteiger partial charge in [0.15, 0.2) is 0 Å². The maximum Gasteiger partial charge on any atom is 0.123 e. The van der Waals surface area contributed by atoms with Crippen LogP contribution < -0.4 is 4.90 Å². The fourth-order valence-corrected chi connectivity index (χ4v) is 3.03. The van der Waals surface area contributed by atoms with Crippen LogP contribution in [0, 0.1) is 11.6 Å². The first kappa shape index (κ1) is 15.0. The summed E-state index contributed by atoms with van der Waals surface area (Å²) < 4.78 is 26.4. The van der Waals surface area contributed by atoms with Crippen LogP contribution in [0.25, 0.3) is 0 Å². The van der Waals surface area contributed by atoms with Crippen molar-refractivity contribution in [2.45, 2.75) is 18.9 Å². The molecule has 1 heterocycles. The summed E-state index contributed by atoms with van der Waals surface area (Å²) in [7, 11) is 2.12. The second-order valence-corrected chi connectivity index (χ2v) is 5.86. The zero-order chi connectivity index (χ0) is 15.5. The molecule has 0 atom stereocenters. The number of rotatable bonds is 3. The third-order valence-electron chi connectivity index (χ3n) is 4.26. The van der Waals surface area contributed by atoms with Crippen LogP contribution in [0.3, 0.4) is 0 Å². The molecule has 0 amide bonds. The average Bonchev–Trinajstić information content (AvgIpc) is 2.53. The topological polar surface area (TPSA) is 6.48 Å². The molecule has 0 N–H and O–H groups in total. The molecule has 2 nitrogen and oxygen atoms in total. The fraction of sp³-hybridized carbons (Fsp3) is 0.333. The van der Waals surface area contributed by atoms with Gasteiger partial charge >= 0.3 is 0 Å². The smallest absolute Gasteiger partial charge is 0.123 e. The van der Waals surface area contributed by atoms with Crippen molar-refractivity contribution >= 4 is 11.4 Å². The summed E-state index contributed by atoms with van der Waals surface area (Å²) in [6, 6.07) is 13.4. The summed E-state index contributed by atoms with van der Waals surface area (Å²) in [5, 5.41) is 0. The Bertz CT molecular complexity index is 556. The summed E-state index contributed by atoms with van der Waals surface area (Å²) in [4.78, 5) is 4.51. The number of hydrogen-bond acceptors (Lipinski definition) is 2. The van der Waals surface area contributed by atoms with E-state index in [1.165, 1.54) is 24.3 Å². The first-order valence-electron chi connectivity index (χ1n) is 7.62. The van der Waals surface area contributed by atoms with E-state index in [4.69, 9.17) is 0 Å². The molecule has 1 aliphatic rings. The number of hydrogen-bond donors (Lipinski definition) is 0. The number of anilines is 2. The molecule has 1 saturated heterocycles. The van der Waals surface area contributed by atoms with Crippen molar-refractivity contribution in [2.75, 3.05) is 25.0 Å². The van der Waals surface area contributed by atoms with Gasteiger partial charge in [0.2, 0.25) is 0 Å². The Morgan fingerprint density at radius 1 is 0.818 bits per heavy atom. The zero-order valence-corrected chi connectivity index (χ0v) is 12.7. The summed E-state index contributed by atoms with van der Waals surface area (Å²) in [5.74, 6) is -0.489. The minimum atomic E-state index is -0.244. The van der Waals surface area contributed by atoms with Crippen LogP contribution in [-0.2, 0) is 0 Å². The van der Waals surface area contributed by atoms with Gasteiger partial charge in [-0.25, -0.2) is 8.78 Å². The molecule has 4 heteroatoms. The highest BCUT2D eigenvalue weighted by atomic mass is 19.1. The molecule has 1 aliphatic heterocycles. The van der Waals surface area contributed by atoms with E-state index in [1.54, 1.807) is 24.3 Å². The first-order valence-corrected chi connectivity index (χ1v) is 7.62. The minimum Gasteiger partial charge on any atom is -0.338 e. The molecule has 3 rings (SSSR count). The van der Waals surface area contributed by atoms with Gasteiger partial charge in [0.1, 0.15) is 11.6 Å². The summed E-state index contributed by atoms with van der Waals surface area (Å²) in [6.45, 7) is 2.06. The van der Waals surface area contributed by atoms with Crippen molar-refractivity contribution < 1.29 is 8.78 Å². The Hall–Kier alpha value is -1.94. The third kappa shape index (κ3) is 3.28. The van der Waals surface area contributed by atoms with Gasteiger partial charge < -0.3 is 9.80 Å². The largest absolute Gasteiger partial charge is 0.338 e. The minimum absolute atomic E-state index is 0.244. The highest BCUT2D eigenvalue weighted by Crippen LogP contribution is 2.32. The predicted octanol–water partition coefficient (Wildman–Crippen LogP) is 4.20. The second kappa shape index (κ2) is 6.44. The van der Waals surface area contributed by atoms with E-state index in [-0.39, 0.29) is 11.6 Å². The number of benzene rings is 2. The van der Waals surface area contributed by atoms with Crippen LogP contribution in [0.4, 0.5) is 20.2 Å². The molecule has 22 heavy (non-hydrogen) atoms. The molecule has 0 spiro atoms. The Morgan fingerprint density at radius 3 is 1.64 bits per heavy atom. The summed E-state index contributed by atoms with van der Waals surface area (Å²) in [5.41, 5.74) is 1.89. The van der Waals surface area contributed by atoms with Crippen molar-refractivity contribution in [2.24, 2.45) is 0 Å². The number of halogens is 2. The molecule has 0 saturated carbocycles. The van der Waals surface area contributed by atoms with E-state index >= 15 is 0 Å². The molecule has 2 aromatic rings. The Morgan fingerprint density at radius 2 is 1.23 bits per heavy atom. The lowest BCUT2D eigenvalue weighted by molar-refractivity contribution is 0.255. The third-order valence-corrected chi connectivity index (χ3v) is 4.26. The molecular formula is C18H20F2N2. The Kier molecular flexibility index (Phi) is 4.39. The van der Waals surface area contributed by atoms with Crippen molar-refractivity contribution in [3.05, 3.63) is 60.2 Å². The number of likely N-dealkylation sites (tertiary alicyclic amines) is 1. The van der Waals surface area contributed by atoms with Crippen LogP contribution in [0.5, 0.6) is 0 Å². The summed E-state index contributed by atoms with van der Waals surface area (Å²) in [6.07, 6.45) is 2.07. The first-order chi connectivity index (χ1) is 10.6. The lowest BCUT2D eigenvalue weighted by Gasteiger charge is -2.38. The van der Waals surface area contributed by atoms with Crippen LogP contribution in [-0.4, -0.2) is 31.1 Å². The van der Waals surface area contributed by atoms with E-state index in [9.17, 15) is 8.78 Å². The van der Waals surface area contributed by atoms with E-state index in [2.05, 4.69) is 16.8 Å². The van der Waals surface area contributed by atoms with Crippen molar-refractivity contribution in [3.8, 4) is 0 Å². The van der Waals surface area contributed by atoms with Gasteiger partial charge in [-0.15, -0.1) is 0 Å². The van der Waals surface area contributed by atoms with E-state index in [0.29, 0.717) is 6.04 Å². The van der Waals surface area contributed by atoms with Crippen LogP contribution >= 0.6 is 0 Å². The van der Waals surface area contributed by atoms with Gasteiger partial charge in [-0.2, -0.15) is 0 Å². The monoisotopic (exact) mass is 302 g/mol. The maximum absolute atomic E-state index is 13.2. The van der Waals surface area contributed by atoms with Gasteiger partial charge in [-0.3, -0.25) is 0 Å². The highest BCUT2D eigenvalue weighted by molar-refractivity contribution is 5.64. The van der Waals surface area contributed by atoms with Crippen molar-refractivity contribution in [1.82, 2.24) is 4.90 Å². The lowest BCUT2D eigenvalue weighted by Crippen LogP contribution is -2.41. The Labute approximate surface area is 130 Å². The molecule has 2 aromatic carbocycles. The van der Waals surface area contributed by atoms with Gasteiger partial charge in [-0.05, 0) is 81.5 Å². The zero-order valence-electron chi connectivity index (χ0n) is 12.7. The normalized spacial score (nSPS) is 16.7. The highest BCUT2D eigenvalue weighted by Gasteiger charge is 2.24. The number of nitrogens with zero attached hydrogens (tertiary/aromatic N) is 2. The molecular weight excluding hydrogens is 282 g/mol. The van der Waals surface area contributed by atoms with Gasteiger partial charge in [-0.1, -0.05) is 0 Å². The quantitative estimate of drug-likeness (QED) is 0.838. The number of piperidine rings is 1. The van der Waals surface area contributed by atoms with Crippen LogP contribution in [0.2, 0.25) is 0 Å². The standard InChI is InChI=1S/C18H20F2N2/c1-21-12-10-18(11-13-21)22(16-6-2-14(19)3-7-16)17-8-4-15(20)5-9-17/h2-9,18H,10-13H2,1H3. The fourth-order valence-electron chi connectivity index (χ4n) is 3.03. The second-order valence-electron chi connectivity index (χ2n) is 5.86. The van der Waals surface area contributed by atoms with Crippen molar-refractivity contribution in [1.29, 1.82) is 0 Å². The molecule has 0 bridgehead atoms. The van der Waals surface area contributed by atoms with Crippen LogP contribution in [0.15, 0.2) is 48.5 Å². The molecule has 1 fully saturated rings. The maximum atomic E-state index is 13.2. The molecule has 0 unspecified atom stereocenters. The SMILES string of the molecule is CN1CCC(N(c2ccc(F)cc2)c2ccc(F)cc2)CC1. The van der Waals surface area contributed by atoms with E-state index < -0.39 is 0 Å². The van der Waals surface area contributed by atoms with Gasteiger partial charge in [0.25, 0.3) is 0 Å². The van der Waals surface area contributed by atoms with Gasteiger partial charge in [0, 0.05) is 17.4 Å². The summed E-state index contributed by atoms with van der Waals surface area (Å²) >= 11 is 0. The molecule has 116 valence electrons. The van der Waals surface area contributed by atoms with E-state index in [1.807, 2.05) is 0 Å². The van der Waals surface area contributed by atoms with E-state index in [0.717, 1.165) is 37.3 Å². The molecule has 0 aromatic heterocycles.